The summed E-state index contributed by atoms with van der Waals surface area (Å²) in [6.45, 7) is 2.50. The first-order valence-electron chi connectivity index (χ1n) is 5.36. The number of rotatable bonds is 3. The predicted octanol–water partition coefficient (Wildman–Crippen LogP) is 0.560. The molecule has 1 saturated heterocycles. The lowest BCUT2D eigenvalue weighted by Gasteiger charge is -2.10. The molecule has 1 fully saturated rings. The predicted molar refractivity (Wildman–Crippen MR) is 57.5 cm³/mol. The van der Waals surface area contributed by atoms with Crippen LogP contribution in [0.3, 0.4) is 0 Å². The van der Waals surface area contributed by atoms with Gasteiger partial charge in [-0.15, -0.1) is 0 Å². The summed E-state index contributed by atoms with van der Waals surface area (Å²) in [4.78, 5) is 15.2. The van der Waals surface area contributed by atoms with E-state index in [4.69, 9.17) is 0 Å². The fourth-order valence-corrected chi connectivity index (χ4v) is 1.78. The fraction of sp³-hybridized carbons (Fsp3) is 0.455. The average Bonchev–Trinajstić information content (AvgIpc) is 2.79. The first kappa shape index (κ1) is 11.0. The van der Waals surface area contributed by atoms with Crippen molar-refractivity contribution in [2.24, 2.45) is 5.92 Å². The van der Waals surface area contributed by atoms with E-state index in [0.717, 1.165) is 25.7 Å². The van der Waals surface area contributed by atoms with Gasteiger partial charge in [0.05, 0.1) is 11.8 Å². The van der Waals surface area contributed by atoms with Crippen LogP contribution in [-0.4, -0.2) is 30.5 Å². The second-order valence-corrected chi connectivity index (χ2v) is 3.92. The highest BCUT2D eigenvalue weighted by Crippen LogP contribution is 2.07. The zero-order chi connectivity index (χ0) is 11.4. The Bertz CT molecular complexity index is 377. The number of pyridine rings is 1. The molecule has 1 aliphatic heterocycles. The molecule has 1 aliphatic rings. The van der Waals surface area contributed by atoms with Gasteiger partial charge in [0.2, 0.25) is 0 Å². The maximum atomic E-state index is 13.2. The molecule has 1 unspecified atom stereocenters. The highest BCUT2D eigenvalue weighted by atomic mass is 19.1. The standard InChI is InChI=1S/C11H14FN3O/c12-10-7-14-4-2-9(10)11(16)15-6-8-1-3-13-5-8/h2,4,7-8,13H,1,3,5-6H2,(H,15,16). The second-order valence-electron chi connectivity index (χ2n) is 3.92. The van der Waals surface area contributed by atoms with Crippen molar-refractivity contribution in [1.82, 2.24) is 15.6 Å². The Balaban J connectivity index is 1.90. The molecule has 1 aromatic heterocycles. The van der Waals surface area contributed by atoms with Crippen LogP contribution in [0.4, 0.5) is 4.39 Å². The summed E-state index contributed by atoms with van der Waals surface area (Å²) >= 11 is 0. The number of carbonyl (C=O) groups excluding carboxylic acids is 1. The van der Waals surface area contributed by atoms with Crippen molar-refractivity contribution >= 4 is 5.91 Å². The summed E-state index contributed by atoms with van der Waals surface area (Å²) in [6, 6.07) is 1.39. The third kappa shape index (κ3) is 2.55. The fourth-order valence-electron chi connectivity index (χ4n) is 1.78. The maximum absolute atomic E-state index is 13.2. The van der Waals surface area contributed by atoms with Crippen LogP contribution in [0.15, 0.2) is 18.5 Å². The largest absolute Gasteiger partial charge is 0.352 e. The summed E-state index contributed by atoms with van der Waals surface area (Å²) < 4.78 is 13.2. The molecule has 86 valence electrons. The van der Waals surface area contributed by atoms with Crippen molar-refractivity contribution in [3.63, 3.8) is 0 Å². The number of amides is 1. The molecule has 1 aromatic rings. The molecule has 4 nitrogen and oxygen atoms in total. The molecule has 0 aromatic carbocycles. The van der Waals surface area contributed by atoms with Gasteiger partial charge >= 0.3 is 0 Å². The molecule has 0 aliphatic carbocycles. The Hall–Kier alpha value is -1.49. The van der Waals surface area contributed by atoms with Crippen molar-refractivity contribution in [3.05, 3.63) is 29.8 Å². The molecule has 0 spiro atoms. The summed E-state index contributed by atoms with van der Waals surface area (Å²) in [5, 5.41) is 5.95. The normalized spacial score (nSPS) is 19.7. The lowest BCUT2D eigenvalue weighted by atomic mass is 10.1. The van der Waals surface area contributed by atoms with E-state index in [9.17, 15) is 9.18 Å². The summed E-state index contributed by atoms with van der Waals surface area (Å²) in [6.07, 6.45) is 3.51. The molecule has 2 N–H and O–H groups in total. The molecule has 0 bridgehead atoms. The van der Waals surface area contributed by atoms with Crippen LogP contribution >= 0.6 is 0 Å². The van der Waals surface area contributed by atoms with Crippen LogP contribution in [0.2, 0.25) is 0 Å². The van der Waals surface area contributed by atoms with Crippen LogP contribution in [0.5, 0.6) is 0 Å². The van der Waals surface area contributed by atoms with Crippen molar-refractivity contribution in [2.75, 3.05) is 19.6 Å². The number of nitrogens with one attached hydrogen (secondary N) is 2. The highest BCUT2D eigenvalue weighted by Gasteiger charge is 2.17. The van der Waals surface area contributed by atoms with Crippen molar-refractivity contribution < 1.29 is 9.18 Å². The van der Waals surface area contributed by atoms with Gasteiger partial charge in [-0.25, -0.2) is 4.39 Å². The van der Waals surface area contributed by atoms with Gasteiger partial charge < -0.3 is 10.6 Å². The van der Waals surface area contributed by atoms with Crippen LogP contribution in [0, 0.1) is 11.7 Å². The molecule has 0 radical (unpaired) electrons. The zero-order valence-corrected chi connectivity index (χ0v) is 8.87. The van der Waals surface area contributed by atoms with E-state index in [-0.39, 0.29) is 11.5 Å². The molecule has 5 heteroatoms. The lowest BCUT2D eigenvalue weighted by Crippen LogP contribution is -2.30. The Morgan fingerprint density at radius 1 is 1.69 bits per heavy atom. The maximum Gasteiger partial charge on any atom is 0.254 e. The van der Waals surface area contributed by atoms with Gasteiger partial charge in [0.25, 0.3) is 5.91 Å². The smallest absolute Gasteiger partial charge is 0.254 e. The van der Waals surface area contributed by atoms with Crippen molar-refractivity contribution in [1.29, 1.82) is 0 Å². The molecule has 2 rings (SSSR count). The minimum Gasteiger partial charge on any atom is -0.352 e. The van der Waals surface area contributed by atoms with E-state index >= 15 is 0 Å². The average molecular weight is 223 g/mol. The van der Waals surface area contributed by atoms with E-state index < -0.39 is 5.82 Å². The summed E-state index contributed by atoms with van der Waals surface area (Å²) in [5.41, 5.74) is 0.0564. The topological polar surface area (TPSA) is 54.0 Å². The quantitative estimate of drug-likeness (QED) is 0.787. The van der Waals surface area contributed by atoms with Gasteiger partial charge in [0, 0.05) is 12.7 Å². The first-order chi connectivity index (χ1) is 7.77. The van der Waals surface area contributed by atoms with Gasteiger partial charge in [-0.2, -0.15) is 0 Å². The SMILES string of the molecule is O=C(NCC1CCNC1)c1ccncc1F. The van der Waals surface area contributed by atoms with E-state index in [1.54, 1.807) is 0 Å². The summed E-state index contributed by atoms with van der Waals surface area (Å²) in [5.74, 6) is -0.495. The first-order valence-corrected chi connectivity index (χ1v) is 5.36. The molecule has 1 amide bonds. The number of halogens is 1. The lowest BCUT2D eigenvalue weighted by molar-refractivity contribution is 0.0944. The number of carbonyl (C=O) groups is 1. The molecular weight excluding hydrogens is 209 g/mol. The summed E-state index contributed by atoms with van der Waals surface area (Å²) in [7, 11) is 0. The molecule has 2 heterocycles. The zero-order valence-electron chi connectivity index (χ0n) is 8.87. The Morgan fingerprint density at radius 2 is 2.56 bits per heavy atom. The van der Waals surface area contributed by atoms with E-state index in [1.165, 1.54) is 12.3 Å². The third-order valence-electron chi connectivity index (χ3n) is 2.73. The van der Waals surface area contributed by atoms with Crippen LogP contribution in [0.1, 0.15) is 16.8 Å². The Kier molecular flexibility index (Phi) is 3.46. The molecular formula is C11H14FN3O. The second kappa shape index (κ2) is 5.03. The molecule has 0 saturated carbocycles. The number of aromatic nitrogens is 1. The number of hydrogen-bond donors (Lipinski definition) is 2. The van der Waals surface area contributed by atoms with Crippen LogP contribution in [0.25, 0.3) is 0 Å². The van der Waals surface area contributed by atoms with Gasteiger partial charge in [-0.1, -0.05) is 0 Å². The Morgan fingerprint density at radius 3 is 3.25 bits per heavy atom. The van der Waals surface area contributed by atoms with E-state index in [1.807, 2.05) is 0 Å². The molecule has 1 atom stereocenters. The van der Waals surface area contributed by atoms with Gasteiger partial charge in [-0.3, -0.25) is 9.78 Å². The number of hydrogen-bond acceptors (Lipinski definition) is 3. The minimum atomic E-state index is -0.579. The Labute approximate surface area is 93.3 Å². The minimum absolute atomic E-state index is 0.0564. The van der Waals surface area contributed by atoms with E-state index in [2.05, 4.69) is 15.6 Å². The van der Waals surface area contributed by atoms with Crippen LogP contribution in [-0.2, 0) is 0 Å². The van der Waals surface area contributed by atoms with Crippen LogP contribution < -0.4 is 10.6 Å². The monoisotopic (exact) mass is 223 g/mol. The van der Waals surface area contributed by atoms with E-state index in [0.29, 0.717) is 12.5 Å². The van der Waals surface area contributed by atoms with Gasteiger partial charge in [-0.05, 0) is 31.5 Å². The number of nitrogens with zero attached hydrogens (tertiary/aromatic N) is 1. The highest BCUT2D eigenvalue weighted by molar-refractivity contribution is 5.94. The van der Waals surface area contributed by atoms with Crippen molar-refractivity contribution in [3.8, 4) is 0 Å². The third-order valence-corrected chi connectivity index (χ3v) is 2.73. The molecule has 16 heavy (non-hydrogen) atoms. The van der Waals surface area contributed by atoms with Gasteiger partial charge in [0.1, 0.15) is 0 Å². The van der Waals surface area contributed by atoms with Gasteiger partial charge in [0.15, 0.2) is 5.82 Å². The van der Waals surface area contributed by atoms with Crippen molar-refractivity contribution in [2.45, 2.75) is 6.42 Å².